The predicted octanol–water partition coefficient (Wildman–Crippen LogP) is 3.51. The Bertz CT molecular complexity index is 698. The number of benzene rings is 1. The van der Waals surface area contributed by atoms with E-state index in [1.54, 1.807) is 27.7 Å². The van der Waals surface area contributed by atoms with Crippen molar-refractivity contribution in [3.63, 3.8) is 0 Å². The monoisotopic (exact) mass is 398 g/mol. The molecule has 1 fully saturated rings. The minimum atomic E-state index is -3.95. The Hall–Kier alpha value is -2.22. The fourth-order valence-electron chi connectivity index (χ4n) is 3.37. The third kappa shape index (κ3) is 4.98. The van der Waals surface area contributed by atoms with Gasteiger partial charge < -0.3 is 20.1 Å². The molecule has 28 heavy (non-hydrogen) atoms. The van der Waals surface area contributed by atoms with Crippen molar-refractivity contribution in [3.8, 4) is 0 Å². The zero-order valence-electron chi connectivity index (χ0n) is 16.7. The van der Waals surface area contributed by atoms with Crippen molar-refractivity contribution in [2.45, 2.75) is 58.2 Å². The Kier molecular flexibility index (Phi) is 6.33. The van der Waals surface area contributed by atoms with Crippen LogP contribution in [0, 0.1) is 5.41 Å². The van der Waals surface area contributed by atoms with Crippen molar-refractivity contribution in [3.05, 3.63) is 35.9 Å². The number of alkyl halides is 2. The number of hydrogen-bond donors (Lipinski definition) is 2. The summed E-state index contributed by atoms with van der Waals surface area (Å²) in [6.07, 6.45) is -0.799. The van der Waals surface area contributed by atoms with E-state index in [1.807, 2.05) is 30.3 Å². The van der Waals surface area contributed by atoms with Crippen LogP contribution in [0.25, 0.3) is 0 Å². The fourth-order valence-corrected chi connectivity index (χ4v) is 3.37. The number of aliphatic carboxylic acids is 1. The summed E-state index contributed by atoms with van der Waals surface area (Å²) in [5.41, 5.74) is -1.59. The lowest BCUT2D eigenvalue weighted by molar-refractivity contribution is -0.214. The molecule has 0 aliphatic carbocycles. The summed E-state index contributed by atoms with van der Waals surface area (Å²) in [7, 11) is 0. The number of carboxylic acids is 1. The van der Waals surface area contributed by atoms with Gasteiger partial charge in [0.05, 0.1) is 5.41 Å². The minimum Gasteiger partial charge on any atom is -0.477 e. The average Bonchev–Trinajstić information content (AvgIpc) is 2.54. The number of hydrogen-bond acceptors (Lipinski definition) is 4. The summed E-state index contributed by atoms with van der Waals surface area (Å²) in [5.74, 6) is -6.12. The molecule has 156 valence electrons. The van der Waals surface area contributed by atoms with E-state index in [9.17, 15) is 18.4 Å². The number of nitrogens with zero attached hydrogens (tertiary/aromatic N) is 1. The van der Waals surface area contributed by atoms with Gasteiger partial charge in [0.2, 0.25) is 0 Å². The van der Waals surface area contributed by atoms with E-state index in [2.05, 4.69) is 5.32 Å². The van der Waals surface area contributed by atoms with E-state index in [4.69, 9.17) is 9.84 Å². The topological polar surface area (TPSA) is 78.9 Å². The van der Waals surface area contributed by atoms with Gasteiger partial charge in [-0.15, -0.1) is 0 Å². The van der Waals surface area contributed by atoms with Gasteiger partial charge in [-0.05, 0) is 39.7 Å². The molecule has 1 amide bonds. The highest BCUT2D eigenvalue weighted by atomic mass is 19.3. The Morgan fingerprint density at radius 1 is 1.25 bits per heavy atom. The number of carbonyl (C=O) groups is 2. The van der Waals surface area contributed by atoms with E-state index in [0.717, 1.165) is 10.5 Å². The molecule has 0 saturated carbocycles. The van der Waals surface area contributed by atoms with Crippen molar-refractivity contribution >= 4 is 12.1 Å². The zero-order valence-corrected chi connectivity index (χ0v) is 16.7. The summed E-state index contributed by atoms with van der Waals surface area (Å²) in [6, 6.07) is 9.10. The third-order valence-electron chi connectivity index (χ3n) is 4.77. The first-order chi connectivity index (χ1) is 12.9. The fraction of sp³-hybridized carbons (Fsp3) is 0.600. The molecular weight excluding hydrogens is 370 g/mol. The SMILES string of the molecule is CC(CC1(C(F)(F)C(=O)O)CN(C(=O)OC(C)(C)C)C1)NCc1ccccc1. The van der Waals surface area contributed by atoms with Crippen LogP contribution < -0.4 is 5.32 Å². The van der Waals surface area contributed by atoms with Crippen LogP contribution in [0.1, 0.15) is 39.7 Å². The zero-order chi connectivity index (χ0) is 21.2. The average molecular weight is 398 g/mol. The standard InChI is InChI=1S/C20H28F2N2O4/c1-14(23-11-15-8-6-5-7-9-15)10-19(20(21,22)16(25)26)12-24(13-19)17(27)28-18(2,3)4/h5-9,14,23H,10-13H2,1-4H3,(H,25,26). The number of amides is 1. The Morgan fingerprint density at radius 3 is 2.32 bits per heavy atom. The molecule has 2 N–H and O–H groups in total. The molecular formula is C20H28F2N2O4. The van der Waals surface area contributed by atoms with Gasteiger partial charge in [-0.3, -0.25) is 0 Å². The lowest BCUT2D eigenvalue weighted by Crippen LogP contribution is -2.69. The summed E-state index contributed by atoms with van der Waals surface area (Å²) in [6.45, 7) is 6.53. The number of carbonyl (C=O) groups excluding carboxylic acids is 1. The summed E-state index contributed by atoms with van der Waals surface area (Å²) in [4.78, 5) is 24.5. The first-order valence-electron chi connectivity index (χ1n) is 9.23. The maximum absolute atomic E-state index is 14.5. The predicted molar refractivity (Wildman–Crippen MR) is 100 cm³/mol. The number of halogens is 2. The van der Waals surface area contributed by atoms with Crippen molar-refractivity contribution in [2.24, 2.45) is 5.41 Å². The smallest absolute Gasteiger partial charge is 0.410 e. The van der Waals surface area contributed by atoms with Crippen LogP contribution in [-0.2, 0) is 16.1 Å². The number of likely N-dealkylation sites (tertiary alicyclic amines) is 1. The van der Waals surface area contributed by atoms with E-state index in [-0.39, 0.29) is 25.6 Å². The Morgan fingerprint density at radius 2 is 1.82 bits per heavy atom. The van der Waals surface area contributed by atoms with Crippen LogP contribution in [0.4, 0.5) is 13.6 Å². The molecule has 1 aliphatic heterocycles. The van der Waals surface area contributed by atoms with E-state index < -0.39 is 29.0 Å². The first kappa shape index (κ1) is 22.1. The molecule has 1 atom stereocenters. The number of nitrogens with one attached hydrogen (secondary N) is 1. The Balaban J connectivity index is 2.05. The van der Waals surface area contributed by atoms with Crippen LogP contribution in [0.15, 0.2) is 30.3 Å². The molecule has 1 heterocycles. The van der Waals surface area contributed by atoms with Crippen molar-refractivity contribution in [1.82, 2.24) is 10.2 Å². The molecule has 0 spiro atoms. The van der Waals surface area contributed by atoms with Crippen molar-refractivity contribution < 1.29 is 28.2 Å². The van der Waals surface area contributed by atoms with Gasteiger partial charge in [-0.1, -0.05) is 30.3 Å². The molecule has 0 aromatic heterocycles. The van der Waals surface area contributed by atoms with Gasteiger partial charge in [-0.2, -0.15) is 8.78 Å². The highest BCUT2D eigenvalue weighted by Crippen LogP contribution is 2.48. The summed E-state index contributed by atoms with van der Waals surface area (Å²) in [5, 5.41) is 12.2. The Labute approximate surface area is 163 Å². The number of ether oxygens (including phenoxy) is 1. The molecule has 2 rings (SSSR count). The summed E-state index contributed by atoms with van der Waals surface area (Å²) < 4.78 is 34.3. The second kappa shape index (κ2) is 8.03. The lowest BCUT2D eigenvalue weighted by atomic mass is 9.69. The number of rotatable bonds is 7. The molecule has 1 aromatic rings. The van der Waals surface area contributed by atoms with Crippen LogP contribution in [0.3, 0.4) is 0 Å². The van der Waals surface area contributed by atoms with Crippen LogP contribution in [-0.4, -0.2) is 52.7 Å². The minimum absolute atomic E-state index is 0.0849. The quantitative estimate of drug-likeness (QED) is 0.735. The van der Waals surface area contributed by atoms with Crippen LogP contribution >= 0.6 is 0 Å². The van der Waals surface area contributed by atoms with Crippen molar-refractivity contribution in [2.75, 3.05) is 13.1 Å². The molecule has 6 nitrogen and oxygen atoms in total. The second-order valence-electron chi connectivity index (χ2n) is 8.47. The van der Waals surface area contributed by atoms with Crippen LogP contribution in [0.2, 0.25) is 0 Å². The molecule has 0 bridgehead atoms. The molecule has 1 aromatic carbocycles. The molecule has 8 heteroatoms. The van der Waals surface area contributed by atoms with E-state index in [1.165, 1.54) is 0 Å². The van der Waals surface area contributed by atoms with Gasteiger partial charge in [-0.25, -0.2) is 9.59 Å². The first-order valence-corrected chi connectivity index (χ1v) is 9.23. The highest BCUT2D eigenvalue weighted by molar-refractivity contribution is 5.78. The maximum atomic E-state index is 14.5. The third-order valence-corrected chi connectivity index (χ3v) is 4.77. The van der Waals surface area contributed by atoms with E-state index >= 15 is 0 Å². The van der Waals surface area contributed by atoms with Gasteiger partial charge in [0.1, 0.15) is 5.60 Å². The van der Waals surface area contributed by atoms with Gasteiger partial charge in [0, 0.05) is 25.7 Å². The largest absolute Gasteiger partial charge is 0.477 e. The van der Waals surface area contributed by atoms with Crippen LogP contribution in [0.5, 0.6) is 0 Å². The highest BCUT2D eigenvalue weighted by Gasteiger charge is 2.66. The van der Waals surface area contributed by atoms with Gasteiger partial charge >= 0.3 is 18.0 Å². The van der Waals surface area contributed by atoms with Crippen molar-refractivity contribution in [1.29, 1.82) is 0 Å². The molecule has 0 radical (unpaired) electrons. The van der Waals surface area contributed by atoms with Gasteiger partial charge in [0.25, 0.3) is 0 Å². The molecule has 1 unspecified atom stereocenters. The van der Waals surface area contributed by atoms with E-state index in [0.29, 0.717) is 6.54 Å². The lowest BCUT2D eigenvalue weighted by Gasteiger charge is -2.52. The van der Waals surface area contributed by atoms with Gasteiger partial charge in [0.15, 0.2) is 0 Å². The normalized spacial score (nSPS) is 17.6. The molecule has 1 aliphatic rings. The second-order valence-corrected chi connectivity index (χ2v) is 8.47. The summed E-state index contributed by atoms with van der Waals surface area (Å²) >= 11 is 0. The maximum Gasteiger partial charge on any atom is 0.410 e. The molecule has 1 saturated heterocycles. The number of carboxylic acid groups (broad SMARTS) is 1.